The molecule has 0 aliphatic carbocycles. The molecule has 0 spiro atoms. The number of hydrogen-bond donors (Lipinski definition) is 2. The number of nitrogens with one attached hydrogen (secondary N) is 2. The summed E-state index contributed by atoms with van der Waals surface area (Å²) in [5.74, 6) is 1.70. The van der Waals surface area contributed by atoms with Gasteiger partial charge in [-0.15, -0.1) is 11.8 Å². The topological polar surface area (TPSA) is 56.7 Å². The lowest BCUT2D eigenvalue weighted by atomic mass is 10.00. The highest BCUT2D eigenvalue weighted by Gasteiger charge is 2.20. The fourth-order valence-electron chi connectivity index (χ4n) is 3.06. The number of guanidine groups is 1. The Hall–Kier alpha value is -2.47. The van der Waals surface area contributed by atoms with E-state index < -0.39 is 0 Å². The SMILES string of the molecule is CN=C(NCCSc1ccccc1)NCC(=O)N1CCc2ccccc2C1. The van der Waals surface area contributed by atoms with E-state index in [1.54, 1.807) is 18.8 Å². The Labute approximate surface area is 165 Å². The normalized spacial score (nSPS) is 13.8. The molecule has 2 aromatic rings. The number of carbonyl (C=O) groups excluding carboxylic acids is 1. The number of fused-ring (bicyclic) bond motifs is 1. The van der Waals surface area contributed by atoms with Gasteiger partial charge in [-0.2, -0.15) is 0 Å². The number of nitrogens with zero attached hydrogens (tertiary/aromatic N) is 2. The lowest BCUT2D eigenvalue weighted by Gasteiger charge is -2.29. The summed E-state index contributed by atoms with van der Waals surface area (Å²) in [4.78, 5) is 19.9. The quantitative estimate of drug-likeness (QED) is 0.349. The third-order valence-corrected chi connectivity index (χ3v) is 5.53. The van der Waals surface area contributed by atoms with Gasteiger partial charge < -0.3 is 15.5 Å². The van der Waals surface area contributed by atoms with Crippen molar-refractivity contribution in [3.63, 3.8) is 0 Å². The summed E-state index contributed by atoms with van der Waals surface area (Å²) in [6, 6.07) is 18.7. The Morgan fingerprint density at radius 3 is 2.59 bits per heavy atom. The second-order valence-electron chi connectivity index (χ2n) is 6.35. The fraction of sp³-hybridized carbons (Fsp3) is 0.333. The third kappa shape index (κ3) is 5.76. The molecule has 2 N–H and O–H groups in total. The third-order valence-electron chi connectivity index (χ3n) is 4.52. The molecule has 0 unspecified atom stereocenters. The number of benzene rings is 2. The van der Waals surface area contributed by atoms with Crippen LogP contribution in [0, 0.1) is 0 Å². The molecule has 3 rings (SSSR count). The van der Waals surface area contributed by atoms with Gasteiger partial charge in [-0.25, -0.2) is 0 Å². The molecule has 0 aromatic heterocycles. The maximum Gasteiger partial charge on any atom is 0.242 e. The molecule has 142 valence electrons. The van der Waals surface area contributed by atoms with E-state index in [1.165, 1.54) is 16.0 Å². The fourth-order valence-corrected chi connectivity index (χ4v) is 3.84. The monoisotopic (exact) mass is 382 g/mol. The maximum atomic E-state index is 12.5. The highest BCUT2D eigenvalue weighted by molar-refractivity contribution is 7.99. The maximum absolute atomic E-state index is 12.5. The summed E-state index contributed by atoms with van der Waals surface area (Å²) in [5.41, 5.74) is 2.60. The molecule has 0 saturated heterocycles. The summed E-state index contributed by atoms with van der Waals surface area (Å²) in [7, 11) is 1.72. The van der Waals surface area contributed by atoms with Crippen LogP contribution in [0.2, 0.25) is 0 Å². The Morgan fingerprint density at radius 2 is 1.81 bits per heavy atom. The standard InChI is InChI=1S/C21H26N4OS/c1-22-21(23-12-14-27-19-9-3-2-4-10-19)24-15-20(26)25-13-11-17-7-5-6-8-18(17)16-25/h2-10H,11-16H2,1H3,(H2,22,23,24). The van der Waals surface area contributed by atoms with Crippen molar-refractivity contribution in [2.75, 3.05) is 32.4 Å². The van der Waals surface area contributed by atoms with Gasteiger partial charge in [0.2, 0.25) is 5.91 Å². The molecule has 1 aliphatic heterocycles. The van der Waals surface area contributed by atoms with Crippen LogP contribution in [0.1, 0.15) is 11.1 Å². The Kier molecular flexibility index (Phi) is 7.16. The van der Waals surface area contributed by atoms with Crippen LogP contribution in [0.3, 0.4) is 0 Å². The van der Waals surface area contributed by atoms with Gasteiger partial charge in [0.1, 0.15) is 0 Å². The first kappa shape index (κ1) is 19.3. The first-order valence-electron chi connectivity index (χ1n) is 9.23. The van der Waals surface area contributed by atoms with E-state index in [4.69, 9.17) is 0 Å². The summed E-state index contributed by atoms with van der Waals surface area (Å²) in [6.07, 6.45) is 0.922. The zero-order chi connectivity index (χ0) is 18.9. The number of rotatable bonds is 6. The van der Waals surface area contributed by atoms with Crippen molar-refractivity contribution in [2.24, 2.45) is 4.99 Å². The van der Waals surface area contributed by atoms with E-state index in [0.29, 0.717) is 12.5 Å². The first-order chi connectivity index (χ1) is 13.3. The molecular weight excluding hydrogens is 356 g/mol. The second-order valence-corrected chi connectivity index (χ2v) is 7.52. The lowest BCUT2D eigenvalue weighted by molar-refractivity contribution is -0.130. The number of aliphatic imine (C=N–C) groups is 1. The van der Waals surface area contributed by atoms with Crippen LogP contribution in [0.4, 0.5) is 0 Å². The van der Waals surface area contributed by atoms with Gasteiger partial charge >= 0.3 is 0 Å². The van der Waals surface area contributed by atoms with Crippen molar-refractivity contribution in [1.82, 2.24) is 15.5 Å². The molecule has 27 heavy (non-hydrogen) atoms. The first-order valence-corrected chi connectivity index (χ1v) is 10.2. The molecule has 2 aromatic carbocycles. The van der Waals surface area contributed by atoms with Crippen LogP contribution in [-0.4, -0.2) is 49.2 Å². The smallest absolute Gasteiger partial charge is 0.242 e. The minimum absolute atomic E-state index is 0.103. The zero-order valence-corrected chi connectivity index (χ0v) is 16.5. The van der Waals surface area contributed by atoms with E-state index in [0.717, 1.165) is 25.3 Å². The van der Waals surface area contributed by atoms with Crippen LogP contribution in [0.25, 0.3) is 0 Å². The van der Waals surface area contributed by atoms with E-state index in [1.807, 2.05) is 29.2 Å². The van der Waals surface area contributed by atoms with Gasteiger partial charge in [-0.1, -0.05) is 42.5 Å². The average molecular weight is 383 g/mol. The molecule has 0 saturated carbocycles. The van der Waals surface area contributed by atoms with E-state index in [9.17, 15) is 4.79 Å². The van der Waals surface area contributed by atoms with Gasteiger partial charge in [0, 0.05) is 37.3 Å². The van der Waals surface area contributed by atoms with Crippen molar-refractivity contribution in [3.8, 4) is 0 Å². The molecule has 1 amide bonds. The van der Waals surface area contributed by atoms with Gasteiger partial charge in [-0.3, -0.25) is 9.79 Å². The molecule has 0 fully saturated rings. The van der Waals surface area contributed by atoms with Crippen molar-refractivity contribution in [3.05, 3.63) is 65.7 Å². The van der Waals surface area contributed by atoms with Crippen LogP contribution >= 0.6 is 11.8 Å². The molecule has 1 aliphatic rings. The van der Waals surface area contributed by atoms with Crippen molar-refractivity contribution in [2.45, 2.75) is 17.9 Å². The highest BCUT2D eigenvalue weighted by atomic mass is 32.2. The largest absolute Gasteiger partial charge is 0.356 e. The van der Waals surface area contributed by atoms with Crippen molar-refractivity contribution >= 4 is 23.6 Å². The summed E-state index contributed by atoms with van der Waals surface area (Å²) >= 11 is 1.79. The molecule has 0 bridgehead atoms. The number of thioether (sulfide) groups is 1. The Bertz CT molecular complexity index is 779. The van der Waals surface area contributed by atoms with E-state index >= 15 is 0 Å². The molecule has 6 heteroatoms. The predicted molar refractivity (Wildman–Crippen MR) is 112 cm³/mol. The van der Waals surface area contributed by atoms with Crippen LogP contribution in [-0.2, 0) is 17.8 Å². The molecule has 1 heterocycles. The second kappa shape index (κ2) is 10.0. The van der Waals surface area contributed by atoms with E-state index in [2.05, 4.69) is 46.0 Å². The zero-order valence-electron chi connectivity index (χ0n) is 15.6. The number of carbonyl (C=O) groups is 1. The number of hydrogen-bond acceptors (Lipinski definition) is 3. The molecule has 0 atom stereocenters. The van der Waals surface area contributed by atoms with Crippen molar-refractivity contribution < 1.29 is 4.79 Å². The molecular formula is C21H26N4OS. The highest BCUT2D eigenvalue weighted by Crippen LogP contribution is 2.18. The van der Waals surface area contributed by atoms with Crippen LogP contribution in [0.15, 0.2) is 64.5 Å². The Morgan fingerprint density at radius 1 is 1.07 bits per heavy atom. The van der Waals surface area contributed by atoms with Crippen molar-refractivity contribution in [1.29, 1.82) is 0 Å². The minimum atomic E-state index is 0.103. The van der Waals surface area contributed by atoms with E-state index in [-0.39, 0.29) is 12.5 Å². The minimum Gasteiger partial charge on any atom is -0.356 e. The molecule has 0 radical (unpaired) electrons. The molecule has 5 nitrogen and oxygen atoms in total. The predicted octanol–water partition coefficient (Wildman–Crippen LogP) is 2.53. The lowest BCUT2D eigenvalue weighted by Crippen LogP contribution is -2.46. The Balaban J connectivity index is 1.38. The average Bonchev–Trinajstić information content (AvgIpc) is 2.73. The summed E-state index contributed by atoms with van der Waals surface area (Å²) < 4.78 is 0. The van der Waals surface area contributed by atoms with Crippen LogP contribution < -0.4 is 10.6 Å². The number of amides is 1. The van der Waals surface area contributed by atoms with Gasteiger partial charge in [0.15, 0.2) is 5.96 Å². The van der Waals surface area contributed by atoms with Gasteiger partial charge in [0.25, 0.3) is 0 Å². The summed E-state index contributed by atoms with van der Waals surface area (Å²) in [6.45, 7) is 2.51. The van der Waals surface area contributed by atoms with Gasteiger partial charge in [0.05, 0.1) is 6.54 Å². The summed E-state index contributed by atoms with van der Waals surface area (Å²) in [5, 5.41) is 6.39. The van der Waals surface area contributed by atoms with Gasteiger partial charge in [-0.05, 0) is 29.7 Å². The van der Waals surface area contributed by atoms with Crippen LogP contribution in [0.5, 0.6) is 0 Å².